The third-order valence-electron chi connectivity index (χ3n) is 3.41. The Balaban J connectivity index is 2.30. The normalized spacial score (nSPS) is 20.9. The molecule has 4 nitrogen and oxygen atoms in total. The van der Waals surface area contributed by atoms with Gasteiger partial charge >= 0.3 is 6.29 Å². The number of nitrogens with two attached hydrogens (primary N) is 1. The molecular formula is C13H17F2NO3. The zero-order chi connectivity index (χ0) is 14.2. The van der Waals surface area contributed by atoms with Crippen molar-refractivity contribution >= 4 is 0 Å². The van der Waals surface area contributed by atoms with Gasteiger partial charge < -0.3 is 20.3 Å². The van der Waals surface area contributed by atoms with Crippen LogP contribution in [0.5, 0.6) is 11.5 Å². The zero-order valence-electron chi connectivity index (χ0n) is 10.8. The van der Waals surface area contributed by atoms with Gasteiger partial charge in [-0.2, -0.15) is 0 Å². The molecule has 19 heavy (non-hydrogen) atoms. The largest absolute Gasteiger partial charge is 0.586 e. The molecule has 1 aromatic rings. The third kappa shape index (κ3) is 2.64. The van der Waals surface area contributed by atoms with E-state index < -0.39 is 18.4 Å². The Bertz CT molecular complexity index is 467. The molecule has 0 saturated carbocycles. The number of halogens is 2. The minimum atomic E-state index is -3.68. The summed E-state index contributed by atoms with van der Waals surface area (Å²) >= 11 is 0. The minimum absolute atomic E-state index is 0.0475. The number of fused-ring (bicyclic) bond motifs is 1. The zero-order valence-corrected chi connectivity index (χ0v) is 10.8. The molecule has 0 saturated heterocycles. The maximum Gasteiger partial charge on any atom is 0.586 e. The van der Waals surface area contributed by atoms with Crippen LogP contribution in [0.15, 0.2) is 18.2 Å². The predicted octanol–water partition coefficient (Wildman–Crippen LogP) is 2.41. The number of aliphatic hydroxyl groups excluding tert-OH is 1. The maximum absolute atomic E-state index is 13.1. The van der Waals surface area contributed by atoms with Crippen LogP contribution in [0, 0.1) is 5.92 Å². The summed E-state index contributed by atoms with van der Waals surface area (Å²) in [6.07, 6.45) is -3.79. The monoisotopic (exact) mass is 273 g/mol. The number of benzene rings is 1. The fraction of sp³-hybridized carbons (Fsp3) is 0.538. The van der Waals surface area contributed by atoms with Crippen molar-refractivity contribution in [1.29, 1.82) is 0 Å². The smallest absolute Gasteiger partial charge is 0.395 e. The molecule has 1 aliphatic rings. The number of para-hydroxylation sites is 1. The van der Waals surface area contributed by atoms with Crippen molar-refractivity contribution in [2.45, 2.75) is 38.7 Å². The lowest BCUT2D eigenvalue weighted by molar-refractivity contribution is -0.287. The standard InChI is InChI=1S/C13H17F2NO3/c1-3-7(2)11(17)10(16)8-5-4-6-9-12(8)19-13(14,15)18-9/h4-7,10-11,17H,3,16H2,1-2H3/t7?,10-,11+/m0/s1. The lowest BCUT2D eigenvalue weighted by atomic mass is 9.91. The van der Waals surface area contributed by atoms with Gasteiger partial charge in [-0.05, 0) is 12.0 Å². The van der Waals surface area contributed by atoms with E-state index in [0.29, 0.717) is 5.56 Å². The number of hydrogen-bond acceptors (Lipinski definition) is 4. The quantitative estimate of drug-likeness (QED) is 0.884. The van der Waals surface area contributed by atoms with E-state index in [-0.39, 0.29) is 17.4 Å². The van der Waals surface area contributed by atoms with Crippen LogP contribution in [0.3, 0.4) is 0 Å². The van der Waals surface area contributed by atoms with Gasteiger partial charge in [0.1, 0.15) is 0 Å². The summed E-state index contributed by atoms with van der Waals surface area (Å²) in [5.41, 5.74) is 6.27. The molecule has 0 radical (unpaired) electrons. The van der Waals surface area contributed by atoms with Crippen LogP contribution in [0.1, 0.15) is 31.9 Å². The van der Waals surface area contributed by atoms with E-state index in [1.807, 2.05) is 13.8 Å². The molecule has 2 rings (SSSR count). The predicted molar refractivity (Wildman–Crippen MR) is 65.0 cm³/mol. The Morgan fingerprint density at radius 1 is 1.37 bits per heavy atom. The van der Waals surface area contributed by atoms with Gasteiger partial charge in [0.15, 0.2) is 11.5 Å². The van der Waals surface area contributed by atoms with Gasteiger partial charge in [-0.15, -0.1) is 8.78 Å². The molecule has 3 atom stereocenters. The van der Waals surface area contributed by atoms with Crippen LogP contribution in [0.2, 0.25) is 0 Å². The Hall–Kier alpha value is -1.40. The van der Waals surface area contributed by atoms with Crippen LogP contribution in [-0.2, 0) is 0 Å². The third-order valence-corrected chi connectivity index (χ3v) is 3.41. The highest BCUT2D eigenvalue weighted by molar-refractivity contribution is 5.50. The average Bonchev–Trinajstić information content (AvgIpc) is 2.69. The summed E-state index contributed by atoms with van der Waals surface area (Å²) in [6, 6.07) is 3.67. The van der Waals surface area contributed by atoms with Gasteiger partial charge in [0.25, 0.3) is 0 Å². The van der Waals surface area contributed by atoms with Gasteiger partial charge in [0.05, 0.1) is 12.1 Å². The van der Waals surface area contributed by atoms with Gasteiger partial charge in [-0.25, -0.2) is 0 Å². The van der Waals surface area contributed by atoms with Crippen LogP contribution in [0.25, 0.3) is 0 Å². The van der Waals surface area contributed by atoms with Crippen LogP contribution in [-0.4, -0.2) is 17.5 Å². The Morgan fingerprint density at radius 2 is 2.05 bits per heavy atom. The first-order valence-corrected chi connectivity index (χ1v) is 6.18. The second-order valence-corrected chi connectivity index (χ2v) is 4.74. The van der Waals surface area contributed by atoms with E-state index in [0.717, 1.165) is 6.42 Å². The van der Waals surface area contributed by atoms with E-state index >= 15 is 0 Å². The molecule has 0 spiro atoms. The number of ether oxygens (including phenoxy) is 2. The van der Waals surface area contributed by atoms with Gasteiger partial charge in [0, 0.05) is 5.56 Å². The molecule has 1 aromatic carbocycles. The van der Waals surface area contributed by atoms with Crippen LogP contribution >= 0.6 is 0 Å². The second-order valence-electron chi connectivity index (χ2n) is 4.74. The number of hydrogen-bond donors (Lipinski definition) is 2. The second kappa shape index (κ2) is 4.94. The molecule has 1 aliphatic heterocycles. The van der Waals surface area contributed by atoms with E-state index in [1.54, 1.807) is 12.1 Å². The summed E-state index contributed by atoms with van der Waals surface area (Å²) in [5, 5.41) is 10.1. The molecule has 1 heterocycles. The topological polar surface area (TPSA) is 64.7 Å². The van der Waals surface area contributed by atoms with E-state index in [4.69, 9.17) is 5.73 Å². The van der Waals surface area contributed by atoms with Gasteiger partial charge in [-0.3, -0.25) is 0 Å². The highest BCUT2D eigenvalue weighted by atomic mass is 19.3. The number of alkyl halides is 2. The fourth-order valence-corrected chi connectivity index (χ4v) is 2.03. The van der Waals surface area contributed by atoms with Crippen LogP contribution < -0.4 is 15.2 Å². The van der Waals surface area contributed by atoms with Crippen molar-refractivity contribution < 1.29 is 23.4 Å². The first kappa shape index (κ1) is 14.0. The summed E-state index contributed by atoms with van der Waals surface area (Å²) in [5.74, 6) is -0.203. The van der Waals surface area contributed by atoms with E-state index in [2.05, 4.69) is 9.47 Å². The molecule has 6 heteroatoms. The first-order valence-electron chi connectivity index (χ1n) is 6.18. The highest BCUT2D eigenvalue weighted by Crippen LogP contribution is 2.45. The molecule has 0 fully saturated rings. The molecule has 0 bridgehead atoms. The molecule has 0 aliphatic carbocycles. The minimum Gasteiger partial charge on any atom is -0.395 e. The van der Waals surface area contributed by atoms with Crippen molar-refractivity contribution in [2.24, 2.45) is 11.7 Å². The summed E-state index contributed by atoms with van der Waals surface area (Å²) in [7, 11) is 0. The van der Waals surface area contributed by atoms with E-state index in [9.17, 15) is 13.9 Å². The lowest BCUT2D eigenvalue weighted by Gasteiger charge is -2.24. The SMILES string of the molecule is CCC(C)[C@@H](O)[C@@H](N)c1cccc2c1OC(F)(F)O2. The number of aliphatic hydroxyl groups is 1. The van der Waals surface area contributed by atoms with Crippen molar-refractivity contribution in [3.8, 4) is 11.5 Å². The van der Waals surface area contributed by atoms with Crippen molar-refractivity contribution in [3.05, 3.63) is 23.8 Å². The molecule has 0 amide bonds. The van der Waals surface area contributed by atoms with Crippen LogP contribution in [0.4, 0.5) is 8.78 Å². The molecule has 106 valence electrons. The summed E-state index contributed by atoms with van der Waals surface area (Å²) in [4.78, 5) is 0. The van der Waals surface area contributed by atoms with Crippen molar-refractivity contribution in [3.63, 3.8) is 0 Å². The summed E-state index contributed by atoms with van der Waals surface area (Å²) < 4.78 is 34.9. The number of rotatable bonds is 4. The van der Waals surface area contributed by atoms with Gasteiger partial charge in [0.2, 0.25) is 0 Å². The Kier molecular flexibility index (Phi) is 3.64. The lowest BCUT2D eigenvalue weighted by Crippen LogP contribution is -2.32. The van der Waals surface area contributed by atoms with Crippen molar-refractivity contribution in [1.82, 2.24) is 0 Å². The first-order chi connectivity index (χ1) is 8.85. The van der Waals surface area contributed by atoms with Crippen molar-refractivity contribution in [2.75, 3.05) is 0 Å². The molecule has 0 aromatic heterocycles. The average molecular weight is 273 g/mol. The maximum atomic E-state index is 13.1. The Labute approximate surface area is 110 Å². The molecule has 3 N–H and O–H groups in total. The highest BCUT2D eigenvalue weighted by Gasteiger charge is 2.45. The fourth-order valence-electron chi connectivity index (χ4n) is 2.03. The van der Waals surface area contributed by atoms with E-state index in [1.165, 1.54) is 6.07 Å². The van der Waals surface area contributed by atoms with Gasteiger partial charge in [-0.1, -0.05) is 32.4 Å². The molecule has 1 unspecified atom stereocenters. The molecular weight excluding hydrogens is 256 g/mol. The summed E-state index contributed by atoms with van der Waals surface area (Å²) in [6.45, 7) is 3.77. The Morgan fingerprint density at radius 3 is 2.68 bits per heavy atom.